The molecule has 0 unspecified atom stereocenters. The third-order valence-electron chi connectivity index (χ3n) is 7.47. The standard InChI is InChI=1S/C24H29F3N4O/c1-24-11-18(8-16(24)13-31(14-24)12-15-4-6-32-7-5-15)28-22-3-2-21(29-30-22)19-9-17(25)10-20(26)23(19)27/h2-3,9-10,15-16,18H,4-8,11-14H2,1H3,(H,28,30)/t16-,18+,24+/m0/s1. The van der Waals surface area contributed by atoms with Gasteiger partial charge in [0.1, 0.15) is 11.6 Å². The molecule has 3 atom stereocenters. The van der Waals surface area contributed by atoms with Crippen molar-refractivity contribution in [3.8, 4) is 11.3 Å². The lowest BCUT2D eigenvalue weighted by atomic mass is 9.83. The van der Waals surface area contributed by atoms with Gasteiger partial charge in [-0.2, -0.15) is 0 Å². The average Bonchev–Trinajstić information content (AvgIpc) is 3.22. The highest BCUT2D eigenvalue weighted by Gasteiger charge is 2.49. The predicted molar refractivity (Wildman–Crippen MR) is 116 cm³/mol. The largest absolute Gasteiger partial charge is 0.381 e. The summed E-state index contributed by atoms with van der Waals surface area (Å²) in [5.74, 6) is -1.20. The van der Waals surface area contributed by atoms with Crippen LogP contribution in [0.3, 0.4) is 0 Å². The molecular weight excluding hydrogens is 417 g/mol. The molecule has 1 saturated carbocycles. The number of hydrogen-bond donors (Lipinski definition) is 1. The monoisotopic (exact) mass is 446 g/mol. The van der Waals surface area contributed by atoms with Gasteiger partial charge in [0.25, 0.3) is 0 Å². The average molecular weight is 447 g/mol. The van der Waals surface area contributed by atoms with Crippen LogP contribution in [0.25, 0.3) is 11.3 Å². The van der Waals surface area contributed by atoms with E-state index in [1.54, 1.807) is 12.1 Å². The SMILES string of the molecule is C[C@]12C[C@H](Nc3ccc(-c4cc(F)cc(F)c4F)nn3)C[C@H]1CN(CC1CCOCC1)C2. The van der Waals surface area contributed by atoms with Gasteiger partial charge in [0.05, 0.1) is 5.69 Å². The van der Waals surface area contributed by atoms with Crippen molar-refractivity contribution in [3.05, 3.63) is 41.7 Å². The van der Waals surface area contributed by atoms with E-state index in [0.717, 1.165) is 51.1 Å². The molecule has 5 rings (SSSR count). The minimum absolute atomic E-state index is 0.102. The van der Waals surface area contributed by atoms with Crippen LogP contribution in [-0.4, -0.2) is 54.0 Å². The third kappa shape index (κ3) is 4.35. The lowest BCUT2D eigenvalue weighted by molar-refractivity contribution is 0.0539. The van der Waals surface area contributed by atoms with Crippen LogP contribution in [0.1, 0.15) is 32.6 Å². The first-order valence-corrected chi connectivity index (χ1v) is 11.4. The molecule has 2 aliphatic heterocycles. The molecule has 1 aliphatic carbocycles. The summed E-state index contributed by atoms with van der Waals surface area (Å²) in [7, 11) is 0. The molecule has 5 nitrogen and oxygen atoms in total. The molecule has 0 spiro atoms. The number of fused-ring (bicyclic) bond motifs is 1. The summed E-state index contributed by atoms with van der Waals surface area (Å²) >= 11 is 0. The van der Waals surface area contributed by atoms with Crippen LogP contribution < -0.4 is 5.32 Å². The summed E-state index contributed by atoms with van der Waals surface area (Å²) in [6, 6.07) is 4.99. The molecule has 3 fully saturated rings. The molecule has 172 valence electrons. The van der Waals surface area contributed by atoms with E-state index in [9.17, 15) is 13.2 Å². The first-order chi connectivity index (χ1) is 15.4. The van der Waals surface area contributed by atoms with Crippen LogP contribution >= 0.6 is 0 Å². The number of nitrogens with zero attached hydrogens (tertiary/aromatic N) is 3. The topological polar surface area (TPSA) is 50.3 Å². The molecule has 0 amide bonds. The highest BCUT2D eigenvalue weighted by Crippen LogP contribution is 2.49. The zero-order chi connectivity index (χ0) is 22.3. The van der Waals surface area contributed by atoms with Crippen molar-refractivity contribution in [1.82, 2.24) is 15.1 Å². The maximum atomic E-state index is 14.0. The number of nitrogens with one attached hydrogen (secondary N) is 1. The molecule has 8 heteroatoms. The van der Waals surface area contributed by atoms with E-state index >= 15 is 0 Å². The maximum absolute atomic E-state index is 14.0. The Hall–Kier alpha value is -2.19. The number of rotatable bonds is 5. The van der Waals surface area contributed by atoms with Crippen LogP contribution in [0, 0.1) is 34.7 Å². The van der Waals surface area contributed by atoms with Gasteiger partial charge in [0.2, 0.25) is 0 Å². The Morgan fingerprint density at radius 2 is 1.97 bits per heavy atom. The maximum Gasteiger partial charge on any atom is 0.168 e. The number of halogens is 3. The van der Waals surface area contributed by atoms with Crippen molar-refractivity contribution in [2.24, 2.45) is 17.3 Å². The summed E-state index contributed by atoms with van der Waals surface area (Å²) in [4.78, 5) is 2.64. The number of hydrogen-bond acceptors (Lipinski definition) is 5. The van der Waals surface area contributed by atoms with E-state index in [4.69, 9.17) is 4.74 Å². The van der Waals surface area contributed by atoms with Crippen molar-refractivity contribution in [2.45, 2.75) is 38.6 Å². The second-order valence-corrected chi connectivity index (χ2v) is 9.93. The van der Waals surface area contributed by atoms with E-state index in [1.165, 1.54) is 19.4 Å². The van der Waals surface area contributed by atoms with Gasteiger partial charge < -0.3 is 15.0 Å². The van der Waals surface area contributed by atoms with E-state index in [-0.39, 0.29) is 11.3 Å². The van der Waals surface area contributed by atoms with Crippen molar-refractivity contribution in [1.29, 1.82) is 0 Å². The Balaban J connectivity index is 1.19. The summed E-state index contributed by atoms with van der Waals surface area (Å²) in [6.07, 6.45) is 4.48. The van der Waals surface area contributed by atoms with Gasteiger partial charge in [0, 0.05) is 50.5 Å². The third-order valence-corrected chi connectivity index (χ3v) is 7.47. The van der Waals surface area contributed by atoms with Crippen molar-refractivity contribution >= 4 is 5.82 Å². The van der Waals surface area contributed by atoms with Gasteiger partial charge in [-0.25, -0.2) is 13.2 Å². The number of benzene rings is 1. The van der Waals surface area contributed by atoms with Gasteiger partial charge in [0.15, 0.2) is 11.6 Å². The smallest absolute Gasteiger partial charge is 0.168 e. The minimum Gasteiger partial charge on any atom is -0.381 e. The summed E-state index contributed by atoms with van der Waals surface area (Å²) in [5.41, 5.74) is 0.165. The first kappa shape index (κ1) is 21.6. The minimum atomic E-state index is -1.24. The highest BCUT2D eigenvalue weighted by molar-refractivity contribution is 5.60. The quantitative estimate of drug-likeness (QED) is 0.686. The summed E-state index contributed by atoms with van der Waals surface area (Å²) in [6.45, 7) is 7.62. The fourth-order valence-corrected chi connectivity index (χ4v) is 5.86. The second kappa shape index (κ2) is 8.63. The molecule has 1 N–H and O–H groups in total. The lowest BCUT2D eigenvalue weighted by Gasteiger charge is -2.29. The molecular formula is C24H29F3N4O. The van der Waals surface area contributed by atoms with Crippen LogP contribution in [0.5, 0.6) is 0 Å². The molecule has 3 aliphatic rings. The number of aromatic nitrogens is 2. The Bertz CT molecular complexity index is 966. The Labute approximate surface area is 186 Å². The predicted octanol–water partition coefficient (Wildman–Crippen LogP) is 4.50. The number of anilines is 1. The van der Waals surface area contributed by atoms with Gasteiger partial charge in [-0.1, -0.05) is 6.92 Å². The molecule has 2 saturated heterocycles. The van der Waals surface area contributed by atoms with Gasteiger partial charge in [-0.05, 0) is 61.1 Å². The van der Waals surface area contributed by atoms with Crippen LogP contribution in [0.4, 0.5) is 19.0 Å². The molecule has 2 aromatic rings. The van der Waals surface area contributed by atoms with Crippen LogP contribution in [0.15, 0.2) is 24.3 Å². The van der Waals surface area contributed by atoms with E-state index in [2.05, 4.69) is 27.3 Å². The fraction of sp³-hybridized carbons (Fsp3) is 0.583. The number of ether oxygens (including phenoxy) is 1. The summed E-state index contributed by atoms with van der Waals surface area (Å²) < 4.78 is 46.5. The van der Waals surface area contributed by atoms with E-state index < -0.39 is 17.5 Å². The van der Waals surface area contributed by atoms with Gasteiger partial charge in [-0.3, -0.25) is 0 Å². The van der Waals surface area contributed by atoms with Crippen molar-refractivity contribution in [3.63, 3.8) is 0 Å². The van der Waals surface area contributed by atoms with E-state index in [1.807, 2.05) is 0 Å². The highest BCUT2D eigenvalue weighted by atomic mass is 19.2. The molecule has 1 aromatic heterocycles. The Kier molecular flexibility index (Phi) is 5.84. The van der Waals surface area contributed by atoms with E-state index in [0.29, 0.717) is 29.3 Å². The molecule has 0 bridgehead atoms. The molecule has 3 heterocycles. The fourth-order valence-electron chi connectivity index (χ4n) is 5.86. The lowest BCUT2D eigenvalue weighted by Crippen LogP contribution is -2.33. The van der Waals surface area contributed by atoms with Crippen molar-refractivity contribution < 1.29 is 17.9 Å². The van der Waals surface area contributed by atoms with Gasteiger partial charge in [-0.15, -0.1) is 10.2 Å². The molecule has 1 aromatic carbocycles. The van der Waals surface area contributed by atoms with Gasteiger partial charge >= 0.3 is 0 Å². The first-order valence-electron chi connectivity index (χ1n) is 11.4. The zero-order valence-corrected chi connectivity index (χ0v) is 18.3. The normalized spacial score (nSPS) is 28.8. The Morgan fingerprint density at radius 3 is 2.69 bits per heavy atom. The number of likely N-dealkylation sites (tertiary alicyclic amines) is 1. The van der Waals surface area contributed by atoms with Crippen molar-refractivity contribution in [2.75, 3.05) is 38.2 Å². The van der Waals surface area contributed by atoms with Crippen LogP contribution in [0.2, 0.25) is 0 Å². The molecule has 0 radical (unpaired) electrons. The Morgan fingerprint density at radius 1 is 1.16 bits per heavy atom. The van der Waals surface area contributed by atoms with Crippen LogP contribution in [-0.2, 0) is 4.74 Å². The molecule has 32 heavy (non-hydrogen) atoms. The zero-order valence-electron chi connectivity index (χ0n) is 18.3. The summed E-state index contributed by atoms with van der Waals surface area (Å²) in [5, 5.41) is 11.6. The second-order valence-electron chi connectivity index (χ2n) is 9.93.